The van der Waals surface area contributed by atoms with E-state index in [1.54, 1.807) is 0 Å². The number of nitrogens with zero attached hydrogens (tertiary/aromatic N) is 1. The van der Waals surface area contributed by atoms with Crippen LogP contribution in [0.25, 0.3) is 0 Å². The molecule has 0 radical (unpaired) electrons. The van der Waals surface area contributed by atoms with Crippen LogP contribution < -0.4 is 0 Å². The third kappa shape index (κ3) is 5.89. The summed E-state index contributed by atoms with van der Waals surface area (Å²) in [6, 6.07) is 0. The van der Waals surface area contributed by atoms with Crippen molar-refractivity contribution in [3.63, 3.8) is 0 Å². The molecule has 0 bridgehead atoms. The zero-order valence-corrected chi connectivity index (χ0v) is 10.2. The lowest BCUT2D eigenvalue weighted by Crippen LogP contribution is -2.40. The maximum absolute atomic E-state index is 11.9. The van der Waals surface area contributed by atoms with Gasteiger partial charge >= 0.3 is 11.9 Å². The smallest absolute Gasteiger partial charge is 0.323 e. The summed E-state index contributed by atoms with van der Waals surface area (Å²) >= 11 is 0. The average molecular weight is 245 g/mol. The van der Waals surface area contributed by atoms with Crippen LogP contribution in [0.1, 0.15) is 33.1 Å². The van der Waals surface area contributed by atoms with Crippen LogP contribution in [0, 0.1) is 5.92 Å². The van der Waals surface area contributed by atoms with Crippen molar-refractivity contribution < 1.29 is 24.6 Å². The van der Waals surface area contributed by atoms with Gasteiger partial charge in [0.15, 0.2) is 0 Å². The van der Waals surface area contributed by atoms with E-state index in [-0.39, 0.29) is 24.8 Å². The molecule has 0 aromatic rings. The zero-order valence-electron chi connectivity index (χ0n) is 10.2. The Morgan fingerprint density at radius 1 is 1.06 bits per heavy atom. The highest BCUT2D eigenvalue weighted by molar-refractivity contribution is 5.83. The predicted octanol–water partition coefficient (Wildman–Crippen LogP) is 0.810. The lowest BCUT2D eigenvalue weighted by atomic mass is 10.0. The SMILES string of the molecule is CCC(CC)C(=O)N(CCC(=O)O)CC(=O)O. The van der Waals surface area contributed by atoms with Crippen molar-refractivity contribution in [1.82, 2.24) is 4.90 Å². The van der Waals surface area contributed by atoms with Gasteiger partial charge in [-0.2, -0.15) is 0 Å². The lowest BCUT2D eigenvalue weighted by molar-refractivity contribution is -0.148. The predicted molar refractivity (Wildman–Crippen MR) is 60.5 cm³/mol. The molecule has 6 heteroatoms. The molecular formula is C11H19NO5. The number of aliphatic carboxylic acids is 2. The number of carboxylic acid groups (broad SMARTS) is 2. The van der Waals surface area contributed by atoms with Crippen LogP contribution in [0.3, 0.4) is 0 Å². The van der Waals surface area contributed by atoms with Crippen LogP contribution in [-0.4, -0.2) is 46.0 Å². The van der Waals surface area contributed by atoms with E-state index in [2.05, 4.69) is 0 Å². The van der Waals surface area contributed by atoms with Crippen LogP contribution >= 0.6 is 0 Å². The van der Waals surface area contributed by atoms with Gasteiger partial charge in [0.25, 0.3) is 0 Å². The standard InChI is InChI=1S/C11H19NO5/c1-3-8(4-2)11(17)12(7-10(15)16)6-5-9(13)14/h8H,3-7H2,1-2H3,(H,13,14)(H,15,16). The Morgan fingerprint density at radius 3 is 1.94 bits per heavy atom. The fourth-order valence-corrected chi connectivity index (χ4v) is 1.56. The van der Waals surface area contributed by atoms with Gasteiger partial charge in [-0.25, -0.2) is 0 Å². The van der Waals surface area contributed by atoms with Gasteiger partial charge in [-0.3, -0.25) is 14.4 Å². The summed E-state index contributed by atoms with van der Waals surface area (Å²) in [6.45, 7) is 3.20. The number of rotatable bonds is 8. The molecule has 0 spiro atoms. The fourth-order valence-electron chi connectivity index (χ4n) is 1.56. The summed E-state index contributed by atoms with van der Waals surface area (Å²) in [6.07, 6.45) is 1.01. The second-order valence-corrected chi connectivity index (χ2v) is 3.81. The second-order valence-electron chi connectivity index (χ2n) is 3.81. The van der Waals surface area contributed by atoms with Crippen LogP contribution in [0.2, 0.25) is 0 Å². The summed E-state index contributed by atoms with van der Waals surface area (Å²) in [5.41, 5.74) is 0. The summed E-state index contributed by atoms with van der Waals surface area (Å²) in [5, 5.41) is 17.2. The molecule has 0 fully saturated rings. The van der Waals surface area contributed by atoms with Crippen molar-refractivity contribution >= 4 is 17.8 Å². The molecule has 0 aliphatic rings. The van der Waals surface area contributed by atoms with E-state index in [9.17, 15) is 14.4 Å². The van der Waals surface area contributed by atoms with Gasteiger partial charge in [0.1, 0.15) is 6.54 Å². The van der Waals surface area contributed by atoms with E-state index in [1.165, 1.54) is 0 Å². The Morgan fingerprint density at radius 2 is 1.59 bits per heavy atom. The van der Waals surface area contributed by atoms with Gasteiger partial charge in [-0.1, -0.05) is 13.8 Å². The molecule has 2 N–H and O–H groups in total. The number of carboxylic acids is 2. The van der Waals surface area contributed by atoms with E-state index in [0.717, 1.165) is 4.90 Å². The third-order valence-electron chi connectivity index (χ3n) is 2.57. The largest absolute Gasteiger partial charge is 0.481 e. The van der Waals surface area contributed by atoms with Gasteiger partial charge in [-0.15, -0.1) is 0 Å². The minimum absolute atomic E-state index is 0.0586. The molecule has 0 unspecified atom stereocenters. The Bertz CT molecular complexity index is 286. The molecule has 1 amide bonds. The topological polar surface area (TPSA) is 94.9 Å². The fraction of sp³-hybridized carbons (Fsp3) is 0.727. The molecular weight excluding hydrogens is 226 g/mol. The summed E-state index contributed by atoms with van der Waals surface area (Å²) < 4.78 is 0. The summed E-state index contributed by atoms with van der Waals surface area (Å²) in [5.74, 6) is -2.69. The minimum atomic E-state index is -1.13. The highest BCUT2D eigenvalue weighted by Gasteiger charge is 2.23. The van der Waals surface area contributed by atoms with Crippen molar-refractivity contribution in [3.8, 4) is 0 Å². The Kier molecular flexibility index (Phi) is 6.93. The van der Waals surface area contributed by atoms with Crippen LogP contribution in [-0.2, 0) is 14.4 Å². The van der Waals surface area contributed by atoms with Gasteiger partial charge in [0.2, 0.25) is 5.91 Å². The number of carbonyl (C=O) groups is 3. The molecule has 0 saturated heterocycles. The maximum Gasteiger partial charge on any atom is 0.323 e. The normalized spacial score (nSPS) is 10.3. The first-order valence-electron chi connectivity index (χ1n) is 5.64. The van der Waals surface area contributed by atoms with Gasteiger partial charge in [-0.05, 0) is 12.8 Å². The van der Waals surface area contributed by atoms with Crippen molar-refractivity contribution in [1.29, 1.82) is 0 Å². The molecule has 0 aromatic heterocycles. The molecule has 0 aliphatic heterocycles. The monoisotopic (exact) mass is 245 g/mol. The first kappa shape index (κ1) is 15.4. The Labute approximate surface area is 100 Å². The average Bonchev–Trinajstić information content (AvgIpc) is 2.25. The third-order valence-corrected chi connectivity index (χ3v) is 2.57. The molecule has 0 atom stereocenters. The molecule has 0 rings (SSSR count). The minimum Gasteiger partial charge on any atom is -0.481 e. The summed E-state index contributed by atoms with van der Waals surface area (Å²) in [4.78, 5) is 34.1. The van der Waals surface area contributed by atoms with E-state index in [1.807, 2.05) is 13.8 Å². The molecule has 0 aliphatic carbocycles. The Balaban J connectivity index is 4.59. The summed E-state index contributed by atoms with van der Waals surface area (Å²) in [7, 11) is 0. The lowest BCUT2D eigenvalue weighted by Gasteiger charge is -2.24. The second kappa shape index (κ2) is 7.65. The zero-order chi connectivity index (χ0) is 13.4. The van der Waals surface area contributed by atoms with Crippen molar-refractivity contribution in [3.05, 3.63) is 0 Å². The number of hydrogen-bond donors (Lipinski definition) is 2. The molecule has 6 nitrogen and oxygen atoms in total. The van der Waals surface area contributed by atoms with Gasteiger partial charge in [0.05, 0.1) is 6.42 Å². The first-order chi connectivity index (χ1) is 7.92. The van der Waals surface area contributed by atoms with Gasteiger partial charge in [0, 0.05) is 12.5 Å². The first-order valence-corrected chi connectivity index (χ1v) is 5.64. The quantitative estimate of drug-likeness (QED) is 0.659. The van der Waals surface area contributed by atoms with E-state index < -0.39 is 18.5 Å². The van der Waals surface area contributed by atoms with Crippen molar-refractivity contribution in [2.24, 2.45) is 5.92 Å². The number of carbonyl (C=O) groups excluding carboxylic acids is 1. The van der Waals surface area contributed by atoms with E-state index in [4.69, 9.17) is 10.2 Å². The molecule has 0 heterocycles. The molecule has 98 valence electrons. The molecule has 0 aromatic carbocycles. The molecule has 0 saturated carbocycles. The van der Waals surface area contributed by atoms with Crippen LogP contribution in [0.5, 0.6) is 0 Å². The van der Waals surface area contributed by atoms with Gasteiger partial charge < -0.3 is 15.1 Å². The van der Waals surface area contributed by atoms with Crippen molar-refractivity contribution in [2.75, 3.05) is 13.1 Å². The maximum atomic E-state index is 11.9. The highest BCUT2D eigenvalue weighted by atomic mass is 16.4. The van der Waals surface area contributed by atoms with E-state index >= 15 is 0 Å². The number of hydrogen-bond acceptors (Lipinski definition) is 3. The van der Waals surface area contributed by atoms with E-state index in [0.29, 0.717) is 12.8 Å². The molecule has 17 heavy (non-hydrogen) atoms. The van der Waals surface area contributed by atoms with Crippen LogP contribution in [0.4, 0.5) is 0 Å². The highest BCUT2D eigenvalue weighted by Crippen LogP contribution is 2.12. The van der Waals surface area contributed by atoms with Crippen LogP contribution in [0.15, 0.2) is 0 Å². The number of amides is 1. The van der Waals surface area contributed by atoms with Crippen molar-refractivity contribution in [2.45, 2.75) is 33.1 Å². The Hall–Kier alpha value is -1.59.